The molecular formula is C22H18Cl2F4N2O3. The van der Waals surface area contributed by atoms with Crippen LogP contribution in [0.1, 0.15) is 29.0 Å². The van der Waals surface area contributed by atoms with Crippen LogP contribution in [0.3, 0.4) is 0 Å². The molecule has 1 atom stereocenters. The first-order valence-electron chi connectivity index (χ1n) is 9.89. The van der Waals surface area contributed by atoms with Crippen molar-refractivity contribution in [1.29, 1.82) is 0 Å². The van der Waals surface area contributed by atoms with Crippen molar-refractivity contribution in [3.05, 3.63) is 69.0 Å². The standard InChI is InChI=1S/C22H18Cl2F4N2O3/c1-32-11-19(31)30-9-14(10-30)12-2-4-13(5-3-12)18-8-21(33-29-18,22(26,27)28)15-6-16(23)20(25)17(24)7-15/h2-7,14H,8-11H2,1H3. The highest BCUT2D eigenvalue weighted by atomic mass is 35.5. The van der Waals surface area contributed by atoms with Crippen molar-refractivity contribution in [3.63, 3.8) is 0 Å². The molecule has 0 saturated carbocycles. The summed E-state index contributed by atoms with van der Waals surface area (Å²) in [7, 11) is 1.45. The highest BCUT2D eigenvalue weighted by Crippen LogP contribution is 2.50. The average Bonchev–Trinajstić information content (AvgIpc) is 3.18. The third kappa shape index (κ3) is 4.29. The van der Waals surface area contributed by atoms with E-state index in [1.807, 2.05) is 0 Å². The van der Waals surface area contributed by atoms with Gasteiger partial charge in [0.05, 0.1) is 15.8 Å². The third-order valence-electron chi connectivity index (χ3n) is 5.85. The second-order valence-electron chi connectivity index (χ2n) is 7.94. The van der Waals surface area contributed by atoms with Gasteiger partial charge in [0.2, 0.25) is 5.91 Å². The van der Waals surface area contributed by atoms with Gasteiger partial charge in [0.15, 0.2) is 5.82 Å². The highest BCUT2D eigenvalue weighted by molar-refractivity contribution is 6.35. The van der Waals surface area contributed by atoms with E-state index in [-0.39, 0.29) is 24.1 Å². The first kappa shape index (κ1) is 23.8. The van der Waals surface area contributed by atoms with Crippen molar-refractivity contribution < 1.29 is 31.9 Å². The Hall–Kier alpha value is -2.36. The van der Waals surface area contributed by atoms with Gasteiger partial charge in [0.25, 0.3) is 5.60 Å². The zero-order valence-corrected chi connectivity index (χ0v) is 18.8. The van der Waals surface area contributed by atoms with Crippen LogP contribution in [0.2, 0.25) is 10.0 Å². The predicted molar refractivity (Wildman–Crippen MR) is 114 cm³/mol. The molecule has 5 nitrogen and oxygen atoms in total. The molecule has 0 radical (unpaired) electrons. The van der Waals surface area contributed by atoms with Crippen LogP contribution in [-0.2, 0) is 20.0 Å². The van der Waals surface area contributed by atoms with E-state index < -0.39 is 39.6 Å². The Morgan fingerprint density at radius 1 is 1.21 bits per heavy atom. The van der Waals surface area contributed by atoms with Gasteiger partial charge in [0.1, 0.15) is 6.61 Å². The summed E-state index contributed by atoms with van der Waals surface area (Å²) in [4.78, 5) is 18.4. The fourth-order valence-corrected chi connectivity index (χ4v) is 4.39. The number of methoxy groups -OCH3 is 1. The fourth-order valence-electron chi connectivity index (χ4n) is 3.90. The monoisotopic (exact) mass is 504 g/mol. The van der Waals surface area contributed by atoms with Gasteiger partial charge in [-0.1, -0.05) is 52.6 Å². The number of benzene rings is 2. The highest BCUT2D eigenvalue weighted by Gasteiger charge is 2.62. The molecule has 0 bridgehead atoms. The first-order chi connectivity index (χ1) is 15.6. The van der Waals surface area contributed by atoms with Crippen LogP contribution < -0.4 is 0 Å². The minimum Gasteiger partial charge on any atom is -0.375 e. The molecule has 2 aromatic carbocycles. The number of oxime groups is 1. The van der Waals surface area contributed by atoms with Gasteiger partial charge < -0.3 is 14.5 Å². The molecule has 1 amide bonds. The lowest BCUT2D eigenvalue weighted by atomic mass is 9.85. The van der Waals surface area contributed by atoms with Gasteiger partial charge in [-0.2, -0.15) is 13.2 Å². The molecule has 0 aliphatic carbocycles. The number of likely N-dealkylation sites (tertiary alicyclic amines) is 1. The number of hydrogen-bond donors (Lipinski definition) is 0. The summed E-state index contributed by atoms with van der Waals surface area (Å²) >= 11 is 11.5. The third-order valence-corrected chi connectivity index (χ3v) is 6.40. The number of carbonyl (C=O) groups is 1. The molecular weight excluding hydrogens is 487 g/mol. The Morgan fingerprint density at radius 2 is 1.82 bits per heavy atom. The van der Waals surface area contributed by atoms with Crippen molar-refractivity contribution >= 4 is 34.8 Å². The van der Waals surface area contributed by atoms with E-state index in [0.717, 1.165) is 17.7 Å². The summed E-state index contributed by atoms with van der Waals surface area (Å²) in [6.45, 7) is 1.13. The molecule has 0 spiro atoms. The number of hydrogen-bond acceptors (Lipinski definition) is 4. The molecule has 176 valence electrons. The number of carbonyl (C=O) groups excluding carboxylic acids is 1. The lowest BCUT2D eigenvalue weighted by Crippen LogP contribution is -2.49. The van der Waals surface area contributed by atoms with E-state index in [2.05, 4.69) is 5.16 Å². The zero-order chi connectivity index (χ0) is 24.0. The maximum atomic E-state index is 14.1. The quantitative estimate of drug-likeness (QED) is 0.410. The lowest BCUT2D eigenvalue weighted by molar-refractivity contribution is -0.275. The van der Waals surface area contributed by atoms with E-state index in [4.69, 9.17) is 32.8 Å². The summed E-state index contributed by atoms with van der Waals surface area (Å²) in [6.07, 6.45) is -5.50. The van der Waals surface area contributed by atoms with Gasteiger partial charge in [-0.25, -0.2) is 4.39 Å². The Labute approximate surface area is 196 Å². The van der Waals surface area contributed by atoms with Crippen molar-refractivity contribution in [1.82, 2.24) is 4.90 Å². The van der Waals surface area contributed by atoms with Crippen LogP contribution in [0.15, 0.2) is 41.6 Å². The van der Waals surface area contributed by atoms with Gasteiger partial charge in [0, 0.05) is 38.1 Å². The molecule has 11 heteroatoms. The Bertz CT molecular complexity index is 1080. The molecule has 4 rings (SSSR count). The van der Waals surface area contributed by atoms with E-state index in [1.54, 1.807) is 29.2 Å². The Morgan fingerprint density at radius 3 is 2.36 bits per heavy atom. The molecule has 0 aromatic heterocycles. The van der Waals surface area contributed by atoms with Crippen LogP contribution in [0.4, 0.5) is 17.6 Å². The molecule has 2 aromatic rings. The van der Waals surface area contributed by atoms with Crippen LogP contribution in [-0.4, -0.2) is 49.5 Å². The van der Waals surface area contributed by atoms with Crippen molar-refractivity contribution in [2.45, 2.75) is 24.1 Å². The molecule has 1 fully saturated rings. The Kier molecular flexibility index (Phi) is 6.32. The van der Waals surface area contributed by atoms with Gasteiger partial charge in [-0.05, 0) is 23.3 Å². The minimum absolute atomic E-state index is 0.0247. The molecule has 33 heavy (non-hydrogen) atoms. The van der Waals surface area contributed by atoms with E-state index in [0.29, 0.717) is 18.7 Å². The number of amides is 1. The van der Waals surface area contributed by atoms with Crippen LogP contribution in [0, 0.1) is 5.82 Å². The minimum atomic E-state index is -4.87. The summed E-state index contributed by atoms with van der Waals surface area (Å²) < 4.78 is 60.9. The van der Waals surface area contributed by atoms with E-state index in [9.17, 15) is 22.4 Å². The normalized spacial score (nSPS) is 20.9. The zero-order valence-electron chi connectivity index (χ0n) is 17.3. The van der Waals surface area contributed by atoms with Crippen LogP contribution in [0.5, 0.6) is 0 Å². The molecule has 1 unspecified atom stereocenters. The number of ether oxygens (including phenoxy) is 1. The number of alkyl halides is 3. The van der Waals surface area contributed by atoms with E-state index in [1.165, 1.54) is 7.11 Å². The predicted octanol–water partition coefficient (Wildman–Crippen LogP) is 5.29. The number of rotatable bonds is 5. The van der Waals surface area contributed by atoms with Gasteiger partial charge in [-0.15, -0.1) is 0 Å². The summed E-state index contributed by atoms with van der Waals surface area (Å²) in [5.41, 5.74) is -1.77. The first-order valence-corrected chi connectivity index (χ1v) is 10.6. The Balaban J connectivity index is 1.52. The smallest absolute Gasteiger partial charge is 0.375 e. The number of halogens is 6. The summed E-state index contributed by atoms with van der Waals surface area (Å²) in [5, 5.41) is 2.62. The lowest BCUT2D eigenvalue weighted by Gasteiger charge is -2.39. The second kappa shape index (κ2) is 8.77. The maximum Gasteiger partial charge on any atom is 0.435 e. The molecule has 2 aliphatic heterocycles. The average molecular weight is 505 g/mol. The topological polar surface area (TPSA) is 51.1 Å². The van der Waals surface area contributed by atoms with Crippen molar-refractivity contribution in [3.8, 4) is 0 Å². The number of nitrogens with zero attached hydrogens (tertiary/aromatic N) is 2. The van der Waals surface area contributed by atoms with Crippen molar-refractivity contribution in [2.75, 3.05) is 26.8 Å². The molecule has 2 aliphatic rings. The molecule has 0 N–H and O–H groups in total. The van der Waals surface area contributed by atoms with Crippen molar-refractivity contribution in [2.24, 2.45) is 5.16 Å². The molecule has 2 heterocycles. The fraction of sp³-hybridized carbons (Fsp3) is 0.364. The van der Waals surface area contributed by atoms with E-state index >= 15 is 0 Å². The molecule has 1 saturated heterocycles. The largest absolute Gasteiger partial charge is 0.435 e. The van der Waals surface area contributed by atoms with Crippen LogP contribution >= 0.6 is 23.2 Å². The summed E-state index contributed by atoms with van der Waals surface area (Å²) in [6, 6.07) is 8.61. The maximum absolute atomic E-state index is 14.1. The SMILES string of the molecule is COCC(=O)N1CC(c2ccc(C3=NOC(c4cc(Cl)c(F)c(Cl)c4)(C(F)(F)F)C3)cc2)C1. The van der Waals surface area contributed by atoms with Gasteiger partial charge in [-0.3, -0.25) is 4.79 Å². The summed E-state index contributed by atoms with van der Waals surface area (Å²) in [5.74, 6) is -0.959. The second-order valence-corrected chi connectivity index (χ2v) is 8.75. The van der Waals surface area contributed by atoms with Crippen LogP contribution in [0.25, 0.3) is 0 Å². The van der Waals surface area contributed by atoms with Gasteiger partial charge >= 0.3 is 6.18 Å².